The Balaban J connectivity index is 1.76. The molecule has 0 spiro atoms. The highest BCUT2D eigenvalue weighted by Gasteiger charge is 2.26. The van der Waals surface area contributed by atoms with Gasteiger partial charge in [0.05, 0.1) is 12.5 Å². The number of nitrogens with zero attached hydrogens (tertiary/aromatic N) is 3. The number of benzene rings is 1. The van der Waals surface area contributed by atoms with Gasteiger partial charge in [0.25, 0.3) is 0 Å². The molecule has 140 valence electrons. The summed E-state index contributed by atoms with van der Waals surface area (Å²) in [5.41, 5.74) is 7.72. The number of nitrogens with two attached hydrogens (primary N) is 1. The van der Waals surface area contributed by atoms with E-state index in [-0.39, 0.29) is 11.8 Å². The molecule has 27 heavy (non-hydrogen) atoms. The summed E-state index contributed by atoms with van der Waals surface area (Å²) < 4.78 is 5.27. The van der Waals surface area contributed by atoms with Crippen molar-refractivity contribution in [1.29, 1.82) is 0 Å². The van der Waals surface area contributed by atoms with Gasteiger partial charge in [-0.25, -0.2) is 9.97 Å². The molecule has 1 amide bonds. The Hall–Kier alpha value is -2.67. The lowest BCUT2D eigenvalue weighted by atomic mass is 9.96. The van der Waals surface area contributed by atoms with E-state index in [2.05, 4.69) is 27.4 Å². The molecular weight excluding hydrogens is 360 g/mol. The molecule has 0 bridgehead atoms. The first-order valence-electron chi connectivity index (χ1n) is 9.01. The van der Waals surface area contributed by atoms with Crippen molar-refractivity contribution in [2.45, 2.75) is 19.8 Å². The maximum absolute atomic E-state index is 11.5. The first-order chi connectivity index (χ1) is 13.1. The standard InChI is InChI=1S/C20H22N4O2S/c1-12-22-19(24-9-7-14(8-10-24)18(21)25)17-16(11-27-20(17)23-12)13-3-5-15(26-2)6-4-13/h3-6,11,14H,7-10H2,1-2H3,(H2,21,25). The van der Waals surface area contributed by atoms with Crippen LogP contribution < -0.4 is 15.4 Å². The number of thiophene rings is 1. The Morgan fingerprint density at radius 3 is 2.56 bits per heavy atom. The molecule has 3 heterocycles. The van der Waals surface area contributed by atoms with Gasteiger partial charge in [-0.05, 0) is 37.5 Å². The van der Waals surface area contributed by atoms with E-state index in [0.717, 1.165) is 64.7 Å². The van der Waals surface area contributed by atoms with Gasteiger partial charge in [0.15, 0.2) is 0 Å². The van der Waals surface area contributed by atoms with Crippen LogP contribution in [0.5, 0.6) is 5.75 Å². The van der Waals surface area contributed by atoms with E-state index in [0.29, 0.717) is 0 Å². The highest BCUT2D eigenvalue weighted by molar-refractivity contribution is 7.17. The average molecular weight is 382 g/mol. The van der Waals surface area contributed by atoms with E-state index in [1.54, 1.807) is 18.4 Å². The summed E-state index contributed by atoms with van der Waals surface area (Å²) in [6.45, 7) is 3.47. The fourth-order valence-corrected chi connectivity index (χ4v) is 4.60. The van der Waals surface area contributed by atoms with Crippen LogP contribution in [-0.4, -0.2) is 36.1 Å². The normalized spacial score (nSPS) is 15.3. The van der Waals surface area contributed by atoms with Crippen molar-refractivity contribution in [3.63, 3.8) is 0 Å². The number of ether oxygens (including phenoxy) is 1. The number of hydrogen-bond donors (Lipinski definition) is 1. The number of hydrogen-bond acceptors (Lipinski definition) is 6. The second-order valence-corrected chi connectivity index (χ2v) is 7.67. The lowest BCUT2D eigenvalue weighted by Gasteiger charge is -2.32. The maximum atomic E-state index is 11.5. The Kier molecular flexibility index (Phi) is 4.70. The molecule has 1 saturated heterocycles. The SMILES string of the molecule is COc1ccc(-c2csc3nc(C)nc(N4CCC(C(N)=O)CC4)c23)cc1. The van der Waals surface area contributed by atoms with Crippen LogP contribution in [0.25, 0.3) is 21.3 Å². The summed E-state index contributed by atoms with van der Waals surface area (Å²) in [6, 6.07) is 8.05. The molecule has 2 N–H and O–H groups in total. The van der Waals surface area contributed by atoms with Gasteiger partial charge in [-0.3, -0.25) is 4.79 Å². The van der Waals surface area contributed by atoms with E-state index >= 15 is 0 Å². The smallest absolute Gasteiger partial charge is 0.220 e. The molecule has 0 atom stereocenters. The van der Waals surface area contributed by atoms with Crippen LogP contribution in [-0.2, 0) is 4.79 Å². The van der Waals surface area contributed by atoms with Crippen LogP contribution >= 0.6 is 11.3 Å². The number of fused-ring (bicyclic) bond motifs is 1. The molecule has 6 nitrogen and oxygen atoms in total. The molecule has 0 unspecified atom stereocenters. The highest BCUT2D eigenvalue weighted by Crippen LogP contribution is 2.39. The van der Waals surface area contributed by atoms with Gasteiger partial charge < -0.3 is 15.4 Å². The molecule has 4 rings (SSSR count). The van der Waals surface area contributed by atoms with Gasteiger partial charge >= 0.3 is 0 Å². The number of anilines is 1. The molecule has 0 aliphatic carbocycles. The highest BCUT2D eigenvalue weighted by atomic mass is 32.1. The largest absolute Gasteiger partial charge is 0.497 e. The molecule has 1 aromatic carbocycles. The number of methoxy groups -OCH3 is 1. The lowest BCUT2D eigenvalue weighted by Crippen LogP contribution is -2.39. The Bertz CT molecular complexity index is 976. The molecular formula is C20H22N4O2S. The molecule has 3 aromatic rings. The third kappa shape index (κ3) is 3.35. The first-order valence-corrected chi connectivity index (χ1v) is 9.89. The second-order valence-electron chi connectivity index (χ2n) is 6.82. The van der Waals surface area contributed by atoms with Crippen molar-refractivity contribution in [2.24, 2.45) is 11.7 Å². The van der Waals surface area contributed by atoms with Crippen LogP contribution in [0.2, 0.25) is 0 Å². The predicted octanol–water partition coefficient (Wildman–Crippen LogP) is 3.38. The number of amides is 1. The van der Waals surface area contributed by atoms with Gasteiger partial charge in [0.1, 0.15) is 22.2 Å². The van der Waals surface area contributed by atoms with E-state index in [1.165, 1.54) is 0 Å². The first kappa shape index (κ1) is 17.7. The zero-order chi connectivity index (χ0) is 19.0. The average Bonchev–Trinajstić information content (AvgIpc) is 3.11. The third-order valence-electron chi connectivity index (χ3n) is 5.12. The summed E-state index contributed by atoms with van der Waals surface area (Å²) in [5.74, 6) is 2.31. The topological polar surface area (TPSA) is 81.3 Å². The van der Waals surface area contributed by atoms with Crippen molar-refractivity contribution in [2.75, 3.05) is 25.1 Å². The summed E-state index contributed by atoms with van der Waals surface area (Å²) in [4.78, 5) is 24.1. The number of aromatic nitrogens is 2. The van der Waals surface area contributed by atoms with Gasteiger partial charge in [-0.1, -0.05) is 12.1 Å². The Morgan fingerprint density at radius 2 is 1.93 bits per heavy atom. The summed E-state index contributed by atoms with van der Waals surface area (Å²) >= 11 is 1.63. The number of rotatable bonds is 4. The van der Waals surface area contributed by atoms with Gasteiger partial charge in [0.2, 0.25) is 5.91 Å². The predicted molar refractivity (Wildman–Crippen MR) is 108 cm³/mol. The lowest BCUT2D eigenvalue weighted by molar-refractivity contribution is -0.122. The number of carbonyl (C=O) groups is 1. The Labute approximate surface area is 162 Å². The fraction of sp³-hybridized carbons (Fsp3) is 0.350. The van der Waals surface area contributed by atoms with Crippen molar-refractivity contribution < 1.29 is 9.53 Å². The summed E-state index contributed by atoms with van der Waals surface area (Å²) in [6.07, 6.45) is 1.53. The number of aryl methyl sites for hydroxylation is 1. The number of piperidine rings is 1. The van der Waals surface area contributed by atoms with Crippen LogP contribution in [0.4, 0.5) is 5.82 Å². The quantitative estimate of drug-likeness (QED) is 0.748. The summed E-state index contributed by atoms with van der Waals surface area (Å²) in [5, 5.41) is 3.22. The van der Waals surface area contributed by atoms with Crippen molar-refractivity contribution in [3.8, 4) is 16.9 Å². The van der Waals surface area contributed by atoms with E-state index < -0.39 is 0 Å². The molecule has 1 aliphatic heterocycles. The van der Waals surface area contributed by atoms with Crippen molar-refractivity contribution in [3.05, 3.63) is 35.5 Å². The van der Waals surface area contributed by atoms with Gasteiger partial charge in [-0.15, -0.1) is 11.3 Å². The summed E-state index contributed by atoms with van der Waals surface area (Å²) in [7, 11) is 1.67. The molecule has 1 fully saturated rings. The van der Waals surface area contributed by atoms with E-state index in [4.69, 9.17) is 15.5 Å². The molecule has 0 radical (unpaired) electrons. The number of primary amides is 1. The zero-order valence-corrected chi connectivity index (χ0v) is 16.3. The van der Waals surface area contributed by atoms with Gasteiger partial charge in [0, 0.05) is 30.0 Å². The maximum Gasteiger partial charge on any atom is 0.220 e. The minimum atomic E-state index is -0.201. The minimum absolute atomic E-state index is 0.0387. The van der Waals surface area contributed by atoms with Crippen LogP contribution in [0, 0.1) is 12.8 Å². The third-order valence-corrected chi connectivity index (χ3v) is 6.00. The zero-order valence-electron chi connectivity index (χ0n) is 15.4. The molecule has 0 saturated carbocycles. The van der Waals surface area contributed by atoms with Crippen LogP contribution in [0.3, 0.4) is 0 Å². The van der Waals surface area contributed by atoms with E-state index in [1.807, 2.05) is 19.1 Å². The molecule has 1 aliphatic rings. The fourth-order valence-electron chi connectivity index (χ4n) is 3.61. The Morgan fingerprint density at radius 1 is 1.22 bits per heavy atom. The van der Waals surface area contributed by atoms with E-state index in [9.17, 15) is 4.79 Å². The van der Waals surface area contributed by atoms with Crippen LogP contribution in [0.1, 0.15) is 18.7 Å². The molecule has 7 heteroatoms. The minimum Gasteiger partial charge on any atom is -0.497 e. The number of carbonyl (C=O) groups excluding carboxylic acids is 1. The van der Waals surface area contributed by atoms with Crippen LogP contribution in [0.15, 0.2) is 29.6 Å². The van der Waals surface area contributed by atoms with Crippen molar-refractivity contribution in [1.82, 2.24) is 9.97 Å². The van der Waals surface area contributed by atoms with Crippen molar-refractivity contribution >= 4 is 33.3 Å². The molecule has 2 aromatic heterocycles. The monoisotopic (exact) mass is 382 g/mol. The van der Waals surface area contributed by atoms with Gasteiger partial charge in [-0.2, -0.15) is 0 Å². The second kappa shape index (κ2) is 7.15.